The van der Waals surface area contributed by atoms with Crippen molar-refractivity contribution in [3.05, 3.63) is 99.6 Å². The second-order valence-electron chi connectivity index (χ2n) is 9.41. The minimum atomic E-state index is -0.344. The van der Waals surface area contributed by atoms with E-state index in [0.717, 1.165) is 5.56 Å². The van der Waals surface area contributed by atoms with Gasteiger partial charge in [0.2, 0.25) is 0 Å². The fourth-order valence-electron chi connectivity index (χ4n) is 3.98. The van der Waals surface area contributed by atoms with E-state index in [0.29, 0.717) is 46.1 Å². The van der Waals surface area contributed by atoms with Crippen molar-refractivity contribution in [1.82, 2.24) is 14.9 Å². The molecule has 39 heavy (non-hydrogen) atoms. The third-order valence-electron chi connectivity index (χ3n) is 5.92. The Hall–Kier alpha value is -3.98. The molecule has 0 saturated carbocycles. The van der Waals surface area contributed by atoms with Crippen molar-refractivity contribution >= 4 is 34.4 Å². The van der Waals surface area contributed by atoms with Gasteiger partial charge in [0.15, 0.2) is 10.9 Å². The van der Waals surface area contributed by atoms with Crippen molar-refractivity contribution in [2.75, 3.05) is 12.4 Å². The summed E-state index contributed by atoms with van der Waals surface area (Å²) in [4.78, 5) is 43.8. The molecule has 202 valence electrons. The Balaban J connectivity index is 1.57. The van der Waals surface area contributed by atoms with Crippen LogP contribution in [0.15, 0.2) is 76.7 Å². The van der Waals surface area contributed by atoms with Crippen molar-refractivity contribution in [2.24, 2.45) is 5.92 Å². The van der Waals surface area contributed by atoms with Crippen LogP contribution in [-0.2, 0) is 13.1 Å². The Morgan fingerprint density at radius 1 is 1.03 bits per heavy atom. The summed E-state index contributed by atoms with van der Waals surface area (Å²) < 4.78 is 20.2. The number of carbonyl (C=O) groups is 2. The Kier molecular flexibility index (Phi) is 9.14. The van der Waals surface area contributed by atoms with Gasteiger partial charge in [0.25, 0.3) is 11.5 Å². The number of benzene rings is 3. The molecule has 9 heteroatoms. The first-order valence-electron chi connectivity index (χ1n) is 12.7. The second kappa shape index (κ2) is 12.7. The van der Waals surface area contributed by atoms with Gasteiger partial charge in [-0.05, 0) is 73.0 Å². The predicted molar refractivity (Wildman–Crippen MR) is 151 cm³/mol. The number of carbonyl (C=O) groups excluding carboxylic acids is 2. The van der Waals surface area contributed by atoms with Crippen LogP contribution in [0.4, 0.5) is 4.39 Å². The van der Waals surface area contributed by atoms with Crippen LogP contribution in [0.5, 0.6) is 5.75 Å². The normalized spacial score (nSPS) is 11.1. The van der Waals surface area contributed by atoms with E-state index in [-0.39, 0.29) is 41.3 Å². The van der Waals surface area contributed by atoms with Gasteiger partial charge in [0.1, 0.15) is 11.6 Å². The van der Waals surface area contributed by atoms with Crippen molar-refractivity contribution in [3.63, 3.8) is 0 Å². The largest absolute Gasteiger partial charge is 0.494 e. The number of thioether (sulfide) groups is 1. The van der Waals surface area contributed by atoms with E-state index in [9.17, 15) is 18.8 Å². The third kappa shape index (κ3) is 7.11. The van der Waals surface area contributed by atoms with Gasteiger partial charge in [0, 0.05) is 24.2 Å². The highest BCUT2D eigenvalue weighted by Crippen LogP contribution is 2.22. The fourth-order valence-corrected chi connectivity index (χ4v) is 4.89. The summed E-state index contributed by atoms with van der Waals surface area (Å²) >= 11 is 1.20. The van der Waals surface area contributed by atoms with Gasteiger partial charge in [-0.3, -0.25) is 19.0 Å². The summed E-state index contributed by atoms with van der Waals surface area (Å²) in [6, 6.07) is 17.6. The molecule has 0 aliphatic heterocycles. The number of rotatable bonds is 11. The summed E-state index contributed by atoms with van der Waals surface area (Å²) in [6.07, 6.45) is 0. The average molecular weight is 548 g/mol. The number of aromatic nitrogens is 2. The van der Waals surface area contributed by atoms with Gasteiger partial charge in [-0.25, -0.2) is 9.37 Å². The third-order valence-corrected chi connectivity index (χ3v) is 6.89. The minimum absolute atomic E-state index is 0.0950. The quantitative estimate of drug-likeness (QED) is 0.152. The number of hydrogen-bond acceptors (Lipinski definition) is 6. The summed E-state index contributed by atoms with van der Waals surface area (Å²) in [5.41, 5.74) is 1.81. The summed E-state index contributed by atoms with van der Waals surface area (Å²) in [5, 5.41) is 3.62. The molecule has 0 spiro atoms. The van der Waals surface area contributed by atoms with Crippen LogP contribution >= 0.6 is 11.8 Å². The van der Waals surface area contributed by atoms with E-state index in [4.69, 9.17) is 9.72 Å². The van der Waals surface area contributed by atoms with Crippen LogP contribution in [0.2, 0.25) is 0 Å². The monoisotopic (exact) mass is 547 g/mol. The number of hydrogen-bond donors (Lipinski definition) is 1. The Bertz CT molecular complexity index is 1530. The Morgan fingerprint density at radius 2 is 1.72 bits per heavy atom. The maximum absolute atomic E-state index is 13.4. The molecule has 1 amide bonds. The maximum Gasteiger partial charge on any atom is 0.262 e. The van der Waals surface area contributed by atoms with E-state index in [1.54, 1.807) is 59.2 Å². The number of ether oxygens (including phenoxy) is 1. The lowest BCUT2D eigenvalue weighted by Crippen LogP contribution is -2.26. The molecule has 0 unspecified atom stereocenters. The van der Waals surface area contributed by atoms with E-state index >= 15 is 0 Å². The van der Waals surface area contributed by atoms with Gasteiger partial charge in [-0.1, -0.05) is 37.7 Å². The summed E-state index contributed by atoms with van der Waals surface area (Å²) in [6.45, 7) is 7.13. The van der Waals surface area contributed by atoms with Crippen LogP contribution < -0.4 is 15.6 Å². The van der Waals surface area contributed by atoms with Crippen LogP contribution in [-0.4, -0.2) is 33.6 Å². The Labute approximate surface area is 230 Å². The minimum Gasteiger partial charge on any atom is -0.494 e. The van der Waals surface area contributed by atoms with Crippen LogP contribution in [0.25, 0.3) is 10.9 Å². The molecule has 0 atom stereocenters. The zero-order valence-electron chi connectivity index (χ0n) is 22.1. The van der Waals surface area contributed by atoms with Crippen molar-refractivity contribution in [3.8, 4) is 5.75 Å². The van der Waals surface area contributed by atoms with Crippen molar-refractivity contribution < 1.29 is 18.7 Å². The maximum atomic E-state index is 13.4. The van der Waals surface area contributed by atoms with Crippen molar-refractivity contribution in [2.45, 2.75) is 39.0 Å². The highest BCUT2D eigenvalue weighted by atomic mass is 32.2. The van der Waals surface area contributed by atoms with Gasteiger partial charge < -0.3 is 10.1 Å². The Morgan fingerprint density at radius 3 is 2.38 bits per heavy atom. The van der Waals surface area contributed by atoms with Gasteiger partial charge in [-0.15, -0.1) is 0 Å². The topological polar surface area (TPSA) is 90.3 Å². The van der Waals surface area contributed by atoms with Gasteiger partial charge in [0.05, 0.1) is 23.3 Å². The first-order chi connectivity index (χ1) is 18.7. The molecule has 0 aliphatic carbocycles. The number of nitrogens with one attached hydrogen (secondary N) is 1. The zero-order valence-corrected chi connectivity index (χ0v) is 22.9. The van der Waals surface area contributed by atoms with E-state index in [1.807, 2.05) is 20.8 Å². The lowest BCUT2D eigenvalue weighted by molar-refractivity contribution is 0.0950. The predicted octanol–water partition coefficient (Wildman–Crippen LogP) is 5.50. The van der Waals surface area contributed by atoms with Crippen LogP contribution in [0.3, 0.4) is 0 Å². The molecule has 0 fully saturated rings. The number of halogens is 1. The number of Topliss-reactive ketones (excluding diaryl/α,β-unsaturated/α-hetero) is 1. The highest BCUT2D eigenvalue weighted by molar-refractivity contribution is 7.99. The lowest BCUT2D eigenvalue weighted by Gasteiger charge is -2.15. The van der Waals surface area contributed by atoms with E-state index < -0.39 is 0 Å². The standard InChI is InChI=1S/C30H30FN3O4S/c1-4-38-24-12-7-21(8-13-24)27(35)18-39-30-33-26-15-22(9-14-25(26)29(37)34(30)17-19(2)3)28(36)32-16-20-5-10-23(31)11-6-20/h5-15,19H,4,16-18H2,1-3H3,(H,32,36). The van der Waals surface area contributed by atoms with E-state index in [2.05, 4.69) is 5.32 Å². The van der Waals surface area contributed by atoms with Gasteiger partial charge in [-0.2, -0.15) is 0 Å². The molecular formula is C30H30FN3O4S. The molecule has 4 aromatic rings. The lowest BCUT2D eigenvalue weighted by atomic mass is 10.1. The zero-order chi connectivity index (χ0) is 27.9. The number of fused-ring (bicyclic) bond motifs is 1. The molecule has 0 bridgehead atoms. The first-order valence-corrected chi connectivity index (χ1v) is 13.7. The molecular weight excluding hydrogens is 517 g/mol. The molecule has 1 N–H and O–H groups in total. The number of amides is 1. The molecule has 3 aromatic carbocycles. The first kappa shape index (κ1) is 28.0. The molecule has 1 heterocycles. The molecule has 0 saturated heterocycles. The number of nitrogens with zero attached hydrogens (tertiary/aromatic N) is 2. The molecule has 4 rings (SSSR count). The molecule has 0 aliphatic rings. The summed E-state index contributed by atoms with van der Waals surface area (Å²) in [7, 11) is 0. The van der Waals surface area contributed by atoms with Crippen LogP contribution in [0.1, 0.15) is 47.1 Å². The highest BCUT2D eigenvalue weighted by Gasteiger charge is 2.17. The molecule has 7 nitrogen and oxygen atoms in total. The second-order valence-corrected chi connectivity index (χ2v) is 10.4. The average Bonchev–Trinajstić information content (AvgIpc) is 2.93. The van der Waals surface area contributed by atoms with Crippen molar-refractivity contribution in [1.29, 1.82) is 0 Å². The molecule has 0 radical (unpaired) electrons. The fraction of sp³-hybridized carbons (Fsp3) is 0.267. The van der Waals surface area contributed by atoms with Crippen LogP contribution in [0, 0.1) is 11.7 Å². The van der Waals surface area contributed by atoms with Gasteiger partial charge >= 0.3 is 0 Å². The summed E-state index contributed by atoms with van der Waals surface area (Å²) in [5.74, 6) is 0.197. The molecule has 1 aromatic heterocycles. The SMILES string of the molecule is CCOc1ccc(C(=O)CSc2nc3cc(C(=O)NCc4ccc(F)cc4)ccc3c(=O)n2CC(C)C)cc1. The van der Waals surface area contributed by atoms with E-state index in [1.165, 1.54) is 23.9 Å². The smallest absolute Gasteiger partial charge is 0.262 e. The number of ketones is 1.